The SMILES string of the molecule is C=CC(=O)OC(=O)C(=O)C=C. The van der Waals surface area contributed by atoms with Crippen LogP contribution in [0.25, 0.3) is 0 Å². The van der Waals surface area contributed by atoms with Crippen molar-refractivity contribution in [2.24, 2.45) is 0 Å². The number of carbonyl (C=O) groups excluding carboxylic acids is 3. The lowest BCUT2D eigenvalue weighted by atomic mass is 10.4. The Bertz CT molecular complexity index is 227. The van der Waals surface area contributed by atoms with Gasteiger partial charge in [0.25, 0.3) is 5.78 Å². The quantitative estimate of drug-likeness (QED) is 0.248. The van der Waals surface area contributed by atoms with Gasteiger partial charge in [0.05, 0.1) is 0 Å². The van der Waals surface area contributed by atoms with Crippen LogP contribution in [0.2, 0.25) is 0 Å². The zero-order chi connectivity index (χ0) is 8.85. The Morgan fingerprint density at radius 3 is 2.00 bits per heavy atom. The number of ether oxygens (including phenoxy) is 1. The van der Waals surface area contributed by atoms with Gasteiger partial charge in [-0.05, 0) is 6.08 Å². The first-order chi connectivity index (χ1) is 5.11. The Labute approximate surface area is 63.1 Å². The molecule has 0 bridgehead atoms. The lowest BCUT2D eigenvalue weighted by Gasteiger charge is -1.93. The largest absolute Gasteiger partial charge is 0.386 e. The van der Waals surface area contributed by atoms with E-state index in [1.807, 2.05) is 0 Å². The van der Waals surface area contributed by atoms with Crippen molar-refractivity contribution < 1.29 is 19.1 Å². The fourth-order valence-corrected chi connectivity index (χ4v) is 0.267. The maximum atomic E-state index is 10.4. The molecular weight excluding hydrogens is 148 g/mol. The maximum Gasteiger partial charge on any atom is 0.386 e. The highest BCUT2D eigenvalue weighted by Crippen LogP contribution is 1.84. The summed E-state index contributed by atoms with van der Waals surface area (Å²) in [6.07, 6.45) is 1.55. The number of hydrogen-bond donors (Lipinski definition) is 0. The predicted molar refractivity (Wildman–Crippen MR) is 36.5 cm³/mol. The summed E-state index contributed by atoms with van der Waals surface area (Å²) in [6.45, 7) is 6.06. The van der Waals surface area contributed by atoms with Crippen molar-refractivity contribution in [2.75, 3.05) is 0 Å². The summed E-state index contributed by atoms with van der Waals surface area (Å²) in [4.78, 5) is 31.1. The van der Waals surface area contributed by atoms with E-state index in [0.717, 1.165) is 12.2 Å². The van der Waals surface area contributed by atoms with Gasteiger partial charge in [-0.1, -0.05) is 13.2 Å². The van der Waals surface area contributed by atoms with E-state index in [2.05, 4.69) is 17.9 Å². The third-order valence-electron chi connectivity index (χ3n) is 0.747. The van der Waals surface area contributed by atoms with Gasteiger partial charge < -0.3 is 4.74 Å². The molecule has 0 aliphatic rings. The minimum atomic E-state index is -1.25. The fraction of sp³-hybridized carbons (Fsp3) is 0. The molecule has 0 amide bonds. The van der Waals surface area contributed by atoms with Gasteiger partial charge >= 0.3 is 11.9 Å². The molecule has 0 fully saturated rings. The Morgan fingerprint density at radius 2 is 1.64 bits per heavy atom. The van der Waals surface area contributed by atoms with E-state index < -0.39 is 17.7 Å². The highest BCUT2D eigenvalue weighted by atomic mass is 16.6. The molecule has 0 aromatic rings. The van der Waals surface area contributed by atoms with Crippen LogP contribution in [0.15, 0.2) is 25.3 Å². The predicted octanol–water partition coefficient (Wildman–Crippen LogP) is -0.00270. The minimum Gasteiger partial charge on any atom is -0.384 e. The van der Waals surface area contributed by atoms with E-state index in [0.29, 0.717) is 0 Å². The summed E-state index contributed by atoms with van der Waals surface area (Å²) in [5.74, 6) is -3.16. The van der Waals surface area contributed by atoms with Crippen LogP contribution < -0.4 is 0 Å². The number of carbonyl (C=O) groups is 3. The molecule has 0 aliphatic carbocycles. The van der Waals surface area contributed by atoms with Gasteiger partial charge in [-0.2, -0.15) is 0 Å². The van der Waals surface area contributed by atoms with E-state index in [-0.39, 0.29) is 0 Å². The molecule has 0 unspecified atom stereocenters. The van der Waals surface area contributed by atoms with Gasteiger partial charge in [0.1, 0.15) is 0 Å². The Kier molecular flexibility index (Phi) is 3.51. The van der Waals surface area contributed by atoms with Crippen molar-refractivity contribution in [1.82, 2.24) is 0 Å². The lowest BCUT2D eigenvalue weighted by molar-refractivity contribution is -0.160. The maximum absolute atomic E-state index is 10.4. The average Bonchev–Trinajstić information content (AvgIpc) is 2.02. The Morgan fingerprint density at radius 1 is 1.09 bits per heavy atom. The molecular formula is C7H6O4. The molecule has 0 saturated carbocycles. The fourth-order valence-electron chi connectivity index (χ4n) is 0.267. The van der Waals surface area contributed by atoms with E-state index >= 15 is 0 Å². The molecule has 0 aromatic carbocycles. The first-order valence-electron chi connectivity index (χ1n) is 2.66. The van der Waals surface area contributed by atoms with Gasteiger partial charge in [0.15, 0.2) is 0 Å². The van der Waals surface area contributed by atoms with E-state index in [9.17, 15) is 14.4 Å². The molecule has 0 radical (unpaired) electrons. The van der Waals surface area contributed by atoms with Gasteiger partial charge in [-0.3, -0.25) is 4.79 Å². The second kappa shape index (κ2) is 4.16. The third-order valence-corrected chi connectivity index (χ3v) is 0.747. The normalized spacial score (nSPS) is 8.00. The third kappa shape index (κ3) is 3.10. The Balaban J connectivity index is 4.07. The molecule has 0 rings (SSSR count). The summed E-state index contributed by atoms with van der Waals surface area (Å²) in [5.41, 5.74) is 0. The summed E-state index contributed by atoms with van der Waals surface area (Å²) < 4.78 is 3.94. The van der Waals surface area contributed by atoms with Crippen molar-refractivity contribution in [3.63, 3.8) is 0 Å². The standard InChI is InChI=1S/C7H6O4/c1-3-5(8)7(10)11-6(9)4-2/h3-4H,1-2H2. The van der Waals surface area contributed by atoms with Gasteiger partial charge in [0.2, 0.25) is 0 Å². The molecule has 0 spiro atoms. The van der Waals surface area contributed by atoms with Crippen molar-refractivity contribution in [3.8, 4) is 0 Å². The average molecular weight is 154 g/mol. The molecule has 0 aromatic heterocycles. The summed E-state index contributed by atoms with van der Waals surface area (Å²) >= 11 is 0. The van der Waals surface area contributed by atoms with Crippen molar-refractivity contribution in [3.05, 3.63) is 25.3 Å². The zero-order valence-corrected chi connectivity index (χ0v) is 5.70. The van der Waals surface area contributed by atoms with E-state index in [1.165, 1.54) is 0 Å². The number of esters is 2. The molecule has 0 N–H and O–H groups in total. The molecule has 58 valence electrons. The molecule has 11 heavy (non-hydrogen) atoms. The van der Waals surface area contributed by atoms with Crippen LogP contribution in [0, 0.1) is 0 Å². The molecule has 4 nitrogen and oxygen atoms in total. The lowest BCUT2D eigenvalue weighted by Crippen LogP contribution is -2.17. The van der Waals surface area contributed by atoms with Crippen LogP contribution in [-0.2, 0) is 19.1 Å². The molecule has 4 heteroatoms. The topological polar surface area (TPSA) is 60.4 Å². The molecule has 0 heterocycles. The van der Waals surface area contributed by atoms with E-state index in [1.54, 1.807) is 0 Å². The molecule has 0 atom stereocenters. The van der Waals surface area contributed by atoms with Crippen LogP contribution in [0.4, 0.5) is 0 Å². The van der Waals surface area contributed by atoms with Gasteiger partial charge in [-0.25, -0.2) is 9.59 Å². The summed E-state index contributed by atoms with van der Waals surface area (Å²) in [6, 6.07) is 0. The Hall–Kier alpha value is -1.71. The smallest absolute Gasteiger partial charge is 0.384 e. The number of hydrogen-bond acceptors (Lipinski definition) is 4. The van der Waals surface area contributed by atoms with Crippen LogP contribution in [0.5, 0.6) is 0 Å². The highest BCUT2D eigenvalue weighted by Gasteiger charge is 2.13. The molecule has 0 saturated heterocycles. The van der Waals surface area contributed by atoms with Gasteiger partial charge in [0, 0.05) is 6.08 Å². The van der Waals surface area contributed by atoms with Gasteiger partial charge in [-0.15, -0.1) is 0 Å². The number of ketones is 1. The summed E-state index contributed by atoms with van der Waals surface area (Å²) in [5, 5.41) is 0. The van der Waals surface area contributed by atoms with Crippen LogP contribution in [-0.4, -0.2) is 17.7 Å². The van der Waals surface area contributed by atoms with Crippen LogP contribution in [0.3, 0.4) is 0 Å². The van der Waals surface area contributed by atoms with Crippen LogP contribution >= 0.6 is 0 Å². The van der Waals surface area contributed by atoms with Crippen LogP contribution in [0.1, 0.15) is 0 Å². The van der Waals surface area contributed by atoms with E-state index in [4.69, 9.17) is 0 Å². The minimum absolute atomic E-state index is 0.763. The second-order valence-corrected chi connectivity index (χ2v) is 1.48. The number of rotatable bonds is 3. The first-order valence-corrected chi connectivity index (χ1v) is 2.66. The van der Waals surface area contributed by atoms with Crippen molar-refractivity contribution in [2.45, 2.75) is 0 Å². The monoisotopic (exact) mass is 154 g/mol. The second-order valence-electron chi connectivity index (χ2n) is 1.48. The van der Waals surface area contributed by atoms with Crippen molar-refractivity contribution in [1.29, 1.82) is 0 Å². The molecule has 0 aliphatic heterocycles. The highest BCUT2D eigenvalue weighted by molar-refractivity contribution is 6.39. The summed E-state index contributed by atoms with van der Waals surface area (Å²) in [7, 11) is 0. The zero-order valence-electron chi connectivity index (χ0n) is 5.70. The van der Waals surface area contributed by atoms with Crippen molar-refractivity contribution >= 4 is 17.7 Å². The first kappa shape index (κ1) is 9.29.